The van der Waals surface area contributed by atoms with Crippen LogP contribution >= 0.6 is 0 Å². The summed E-state index contributed by atoms with van der Waals surface area (Å²) in [6.07, 6.45) is 4.38. The number of nitrogens with zero attached hydrogens (tertiary/aromatic N) is 1. The Kier molecular flexibility index (Phi) is 9.95. The fourth-order valence-corrected chi connectivity index (χ4v) is 7.00. The molecule has 3 rings (SSSR count). The maximum Gasteiger partial charge on any atom is 0.405 e. The largest absolute Gasteiger partial charge is 0.465 e. The Balaban J connectivity index is 1.80. The average Bonchev–Trinajstić information content (AvgIpc) is 3.79. The van der Waals surface area contributed by atoms with Crippen molar-refractivity contribution in [2.24, 2.45) is 17.8 Å². The van der Waals surface area contributed by atoms with Crippen molar-refractivity contribution in [3.63, 3.8) is 0 Å². The van der Waals surface area contributed by atoms with Crippen LogP contribution in [0.15, 0.2) is 25.3 Å². The number of rotatable bonds is 15. The number of allylic oxidation sites excluding steroid dienone is 1. The number of amides is 4. The average molecular weight is 597 g/mol. The monoisotopic (exact) mass is 596 g/mol. The Morgan fingerprint density at radius 3 is 2.37 bits per heavy atom. The Hall–Kier alpha value is -2.93. The van der Waals surface area contributed by atoms with Crippen LogP contribution in [0.25, 0.3) is 0 Å². The zero-order valence-electron chi connectivity index (χ0n) is 24.1. The number of hydrogen-bond donors (Lipinski definition) is 5. The molecule has 0 aromatic rings. The highest BCUT2D eigenvalue weighted by molar-refractivity contribution is 7.91. The first-order valence-corrected chi connectivity index (χ1v) is 15.7. The van der Waals surface area contributed by atoms with Crippen molar-refractivity contribution in [2.75, 3.05) is 6.54 Å². The van der Waals surface area contributed by atoms with Gasteiger partial charge in [-0.2, -0.15) is 0 Å². The number of carboxylic acid groups (broad SMARTS) is 1. The molecule has 0 aromatic carbocycles. The molecule has 3 aliphatic rings. The lowest BCUT2D eigenvalue weighted by molar-refractivity contribution is -0.142. The highest BCUT2D eigenvalue weighted by atomic mass is 32.2. The highest BCUT2D eigenvalue weighted by Crippen LogP contribution is 2.47. The van der Waals surface area contributed by atoms with E-state index in [1.54, 1.807) is 13.0 Å². The summed E-state index contributed by atoms with van der Waals surface area (Å²) in [5, 5.41) is 25.0. The van der Waals surface area contributed by atoms with Gasteiger partial charge in [0, 0.05) is 18.9 Å². The number of sulfonamides is 1. The molecule has 7 atom stereocenters. The lowest BCUT2D eigenvalue weighted by Gasteiger charge is -2.33. The van der Waals surface area contributed by atoms with Gasteiger partial charge in [0.2, 0.25) is 21.8 Å². The van der Waals surface area contributed by atoms with E-state index in [9.17, 15) is 37.8 Å². The molecule has 1 heterocycles. The van der Waals surface area contributed by atoms with Crippen LogP contribution in [-0.2, 0) is 24.4 Å². The summed E-state index contributed by atoms with van der Waals surface area (Å²) >= 11 is 0. The molecule has 1 unspecified atom stereocenters. The van der Waals surface area contributed by atoms with Gasteiger partial charge in [-0.15, -0.1) is 13.2 Å². The molecule has 1 saturated heterocycles. The predicted molar refractivity (Wildman–Crippen MR) is 152 cm³/mol. The Morgan fingerprint density at radius 1 is 1.20 bits per heavy atom. The summed E-state index contributed by atoms with van der Waals surface area (Å²) in [6, 6.07) is -2.33. The number of hydrogen-bond acceptors (Lipinski definition) is 7. The van der Waals surface area contributed by atoms with Crippen LogP contribution in [0.1, 0.15) is 72.1 Å². The minimum Gasteiger partial charge on any atom is -0.465 e. The van der Waals surface area contributed by atoms with E-state index in [1.165, 1.54) is 6.08 Å². The van der Waals surface area contributed by atoms with E-state index in [4.69, 9.17) is 0 Å². The molecule has 230 valence electrons. The molecule has 0 bridgehead atoms. The van der Waals surface area contributed by atoms with Crippen molar-refractivity contribution in [2.45, 2.75) is 101 Å². The topological polar surface area (TPSA) is 182 Å². The van der Waals surface area contributed by atoms with E-state index >= 15 is 0 Å². The second kappa shape index (κ2) is 12.5. The standard InChI is InChI=1S/C28H44N4O8S/c1-6-9-10-17(4)13-18(7-2)22(29-26(37)38)24(35)32-16-20(33)14-21(32)23(34)30-28(15-19(28)8-3)25(36)31-41(39,40)27(5)11-12-27/h6,8,17-22,29,33H,1,3,7,9-16H2,2,4-5H3,(H,30,34)(H,31,36)(H,37,38)/t17?,18-,19-,20-,21+,22+,28-/m1/s1. The zero-order chi connectivity index (χ0) is 30.8. The fraction of sp³-hybridized carbons (Fsp3) is 0.714. The van der Waals surface area contributed by atoms with Crippen LogP contribution in [0, 0.1) is 17.8 Å². The van der Waals surface area contributed by atoms with Crippen molar-refractivity contribution in [1.29, 1.82) is 0 Å². The maximum atomic E-state index is 13.8. The highest BCUT2D eigenvalue weighted by Gasteiger charge is 2.63. The van der Waals surface area contributed by atoms with E-state index < -0.39 is 68.2 Å². The zero-order valence-corrected chi connectivity index (χ0v) is 24.9. The van der Waals surface area contributed by atoms with E-state index in [0.717, 1.165) is 17.7 Å². The molecule has 2 aliphatic carbocycles. The fourth-order valence-electron chi connectivity index (χ4n) is 5.69. The molecule has 5 N–H and O–H groups in total. The van der Waals surface area contributed by atoms with Gasteiger partial charge in [-0.1, -0.05) is 32.4 Å². The number of aliphatic hydroxyl groups excluding tert-OH is 1. The summed E-state index contributed by atoms with van der Waals surface area (Å²) in [4.78, 5) is 53.4. The summed E-state index contributed by atoms with van der Waals surface area (Å²) in [6.45, 7) is 12.6. The molecule has 3 fully saturated rings. The molecular formula is C28H44N4O8S. The van der Waals surface area contributed by atoms with Crippen LogP contribution in [-0.4, -0.2) is 82.4 Å². The molecule has 4 amide bonds. The summed E-state index contributed by atoms with van der Waals surface area (Å²) in [5.74, 6) is -2.93. The second-order valence-electron chi connectivity index (χ2n) is 12.1. The maximum absolute atomic E-state index is 13.8. The first kappa shape index (κ1) is 32.6. The summed E-state index contributed by atoms with van der Waals surface area (Å²) < 4.78 is 26.5. The second-order valence-corrected chi connectivity index (χ2v) is 14.3. The third-order valence-electron chi connectivity index (χ3n) is 8.85. The molecule has 12 nitrogen and oxygen atoms in total. The molecule has 1 aliphatic heterocycles. The van der Waals surface area contributed by atoms with Gasteiger partial charge < -0.3 is 25.7 Å². The van der Waals surface area contributed by atoms with Crippen molar-refractivity contribution in [1.82, 2.24) is 20.3 Å². The molecular weight excluding hydrogens is 552 g/mol. The Bertz CT molecular complexity index is 1170. The van der Waals surface area contributed by atoms with E-state index in [0.29, 0.717) is 25.7 Å². The third kappa shape index (κ3) is 7.11. The first-order chi connectivity index (χ1) is 19.1. The van der Waals surface area contributed by atoms with Crippen LogP contribution < -0.4 is 15.4 Å². The van der Waals surface area contributed by atoms with Gasteiger partial charge in [0.25, 0.3) is 5.91 Å². The molecule has 0 radical (unpaired) electrons. The normalized spacial score (nSPS) is 28.5. The van der Waals surface area contributed by atoms with E-state index in [1.807, 2.05) is 13.8 Å². The number of carbonyl (C=O) groups is 4. The first-order valence-electron chi connectivity index (χ1n) is 14.2. The van der Waals surface area contributed by atoms with Gasteiger partial charge in [0.15, 0.2) is 0 Å². The Labute approximate surface area is 242 Å². The van der Waals surface area contributed by atoms with Crippen LogP contribution in [0.4, 0.5) is 4.79 Å². The number of aliphatic hydroxyl groups is 1. The minimum absolute atomic E-state index is 0.114. The minimum atomic E-state index is -3.96. The van der Waals surface area contributed by atoms with Crippen LogP contribution in [0.3, 0.4) is 0 Å². The van der Waals surface area contributed by atoms with Gasteiger partial charge in [-0.3, -0.25) is 19.1 Å². The van der Waals surface area contributed by atoms with Gasteiger partial charge in [-0.25, -0.2) is 13.2 Å². The van der Waals surface area contributed by atoms with Gasteiger partial charge >= 0.3 is 6.09 Å². The van der Waals surface area contributed by atoms with Crippen molar-refractivity contribution >= 4 is 33.8 Å². The lowest BCUT2D eigenvalue weighted by Crippen LogP contribution is -2.59. The summed E-state index contributed by atoms with van der Waals surface area (Å²) in [7, 11) is -3.96. The van der Waals surface area contributed by atoms with E-state index in [-0.39, 0.29) is 31.2 Å². The molecule has 0 spiro atoms. The molecule has 13 heteroatoms. The molecule has 0 aromatic heterocycles. The number of nitrogens with one attached hydrogen (secondary N) is 3. The number of likely N-dealkylation sites (tertiary alicyclic amines) is 1. The SMILES string of the molecule is C=CCCC(C)C[C@@H](CC)[C@H](NC(=O)O)C(=O)N1C[C@H](O)C[C@H]1C(=O)N[C@]1(C(=O)NS(=O)(=O)C2(C)CC2)C[C@H]1C=C. The predicted octanol–water partition coefficient (Wildman–Crippen LogP) is 1.66. The van der Waals surface area contributed by atoms with Crippen molar-refractivity contribution < 1.29 is 37.8 Å². The molecule has 2 saturated carbocycles. The third-order valence-corrected chi connectivity index (χ3v) is 11.0. The number of carbonyl (C=O) groups excluding carboxylic acids is 3. The summed E-state index contributed by atoms with van der Waals surface area (Å²) in [5.41, 5.74) is -1.55. The van der Waals surface area contributed by atoms with Gasteiger partial charge in [0.05, 0.1) is 10.9 Å². The molecule has 41 heavy (non-hydrogen) atoms. The van der Waals surface area contributed by atoms with Crippen molar-refractivity contribution in [3.05, 3.63) is 25.3 Å². The van der Waals surface area contributed by atoms with Crippen LogP contribution in [0.2, 0.25) is 0 Å². The smallest absolute Gasteiger partial charge is 0.405 e. The lowest BCUT2D eigenvalue weighted by atomic mass is 9.85. The van der Waals surface area contributed by atoms with Crippen molar-refractivity contribution in [3.8, 4) is 0 Å². The number of β-amino-alcohol motifs (C(OH)–C–C–N with tert-alkyl or cyclic N) is 1. The quantitative estimate of drug-likeness (QED) is 0.177. The van der Waals surface area contributed by atoms with Gasteiger partial charge in [-0.05, 0) is 57.3 Å². The van der Waals surface area contributed by atoms with E-state index in [2.05, 4.69) is 28.5 Å². The Morgan fingerprint density at radius 2 is 1.85 bits per heavy atom. The van der Waals surface area contributed by atoms with Crippen LogP contribution in [0.5, 0.6) is 0 Å². The van der Waals surface area contributed by atoms with Gasteiger partial charge in [0.1, 0.15) is 17.6 Å².